The molecule has 7 nitrogen and oxygen atoms in total. The molecule has 0 saturated carbocycles. The van der Waals surface area contributed by atoms with Gasteiger partial charge in [0.25, 0.3) is 0 Å². The van der Waals surface area contributed by atoms with E-state index in [9.17, 15) is 9.59 Å². The molecule has 2 saturated heterocycles. The van der Waals surface area contributed by atoms with Gasteiger partial charge in [-0.3, -0.25) is 9.59 Å². The molecule has 1 aromatic rings. The molecule has 156 valence electrons. The molecule has 0 radical (unpaired) electrons. The summed E-state index contributed by atoms with van der Waals surface area (Å²) < 4.78 is 10.2. The summed E-state index contributed by atoms with van der Waals surface area (Å²) in [4.78, 5) is 28.7. The van der Waals surface area contributed by atoms with Crippen molar-refractivity contribution < 1.29 is 19.1 Å². The zero-order valence-corrected chi connectivity index (χ0v) is 17.4. The van der Waals surface area contributed by atoms with Gasteiger partial charge in [-0.15, -0.1) is 12.4 Å². The SMILES string of the molecule is COC[C@@H](N)C(=O)N1CCC2(CC1)CC(=O)N(Cc1cccc(OC)c1)C2.Cl. The second kappa shape index (κ2) is 9.58. The largest absolute Gasteiger partial charge is 0.497 e. The number of nitrogens with zero attached hydrogens (tertiary/aromatic N) is 2. The van der Waals surface area contributed by atoms with Gasteiger partial charge in [0.15, 0.2) is 0 Å². The van der Waals surface area contributed by atoms with Crippen molar-refractivity contribution in [2.24, 2.45) is 11.1 Å². The monoisotopic (exact) mass is 411 g/mol. The number of amides is 2. The van der Waals surface area contributed by atoms with Gasteiger partial charge >= 0.3 is 0 Å². The molecular formula is C20H30ClN3O4. The molecule has 2 fully saturated rings. The maximum absolute atomic E-state index is 12.6. The smallest absolute Gasteiger partial charge is 0.241 e. The van der Waals surface area contributed by atoms with Crippen molar-refractivity contribution in [3.8, 4) is 5.75 Å². The van der Waals surface area contributed by atoms with Crippen molar-refractivity contribution in [1.82, 2.24) is 9.80 Å². The lowest BCUT2D eigenvalue weighted by Crippen LogP contribution is -2.51. The Hall–Kier alpha value is -1.83. The predicted octanol–water partition coefficient (Wildman–Crippen LogP) is 1.43. The highest BCUT2D eigenvalue weighted by Gasteiger charge is 2.45. The summed E-state index contributed by atoms with van der Waals surface area (Å²) in [6.45, 7) is 2.87. The van der Waals surface area contributed by atoms with Crippen molar-refractivity contribution in [1.29, 1.82) is 0 Å². The zero-order valence-electron chi connectivity index (χ0n) is 16.6. The van der Waals surface area contributed by atoms with Gasteiger partial charge in [0.05, 0.1) is 13.7 Å². The van der Waals surface area contributed by atoms with Crippen LogP contribution in [0, 0.1) is 5.41 Å². The number of carbonyl (C=O) groups excluding carboxylic acids is 2. The Morgan fingerprint density at radius 3 is 2.64 bits per heavy atom. The Labute approximate surface area is 172 Å². The van der Waals surface area contributed by atoms with E-state index in [2.05, 4.69) is 0 Å². The number of likely N-dealkylation sites (tertiary alicyclic amines) is 2. The molecule has 2 amide bonds. The number of carbonyl (C=O) groups is 2. The Bertz CT molecular complexity index is 692. The van der Waals surface area contributed by atoms with Crippen LogP contribution < -0.4 is 10.5 Å². The Morgan fingerprint density at radius 2 is 2.00 bits per heavy atom. The van der Waals surface area contributed by atoms with E-state index in [1.54, 1.807) is 14.2 Å². The van der Waals surface area contributed by atoms with Crippen LogP contribution >= 0.6 is 12.4 Å². The summed E-state index contributed by atoms with van der Waals surface area (Å²) in [5.74, 6) is 0.922. The standard InChI is InChI=1S/C20H29N3O4.ClH/c1-26-13-17(21)19(25)22-8-6-20(7-9-22)11-18(24)23(14-20)12-15-4-3-5-16(10-15)27-2;/h3-5,10,17H,6-9,11-14,21H2,1-2H3;1H/t17-;/m1./s1. The molecule has 2 aliphatic rings. The Balaban J connectivity index is 0.00000280. The third-order valence-corrected chi connectivity index (χ3v) is 5.71. The minimum Gasteiger partial charge on any atom is -0.497 e. The number of halogens is 1. The molecule has 3 rings (SSSR count). The fourth-order valence-electron chi connectivity index (χ4n) is 4.14. The van der Waals surface area contributed by atoms with E-state index in [-0.39, 0.29) is 36.2 Å². The average Bonchev–Trinajstić information content (AvgIpc) is 2.97. The first-order valence-electron chi connectivity index (χ1n) is 9.40. The summed E-state index contributed by atoms with van der Waals surface area (Å²) in [7, 11) is 3.18. The summed E-state index contributed by atoms with van der Waals surface area (Å²) in [5, 5.41) is 0. The van der Waals surface area contributed by atoms with Gasteiger partial charge in [0.2, 0.25) is 11.8 Å². The lowest BCUT2D eigenvalue weighted by Gasteiger charge is -2.39. The first kappa shape index (κ1) is 22.5. The Kier molecular flexibility index (Phi) is 7.69. The Morgan fingerprint density at radius 1 is 1.29 bits per heavy atom. The van der Waals surface area contributed by atoms with E-state index in [4.69, 9.17) is 15.2 Å². The summed E-state index contributed by atoms with van der Waals surface area (Å²) in [5.41, 5.74) is 6.91. The first-order chi connectivity index (χ1) is 13.0. The van der Waals surface area contributed by atoms with Crippen LogP contribution in [0.5, 0.6) is 5.75 Å². The third-order valence-electron chi connectivity index (χ3n) is 5.71. The molecule has 1 spiro atoms. The molecule has 1 atom stereocenters. The third kappa shape index (κ3) is 4.96. The van der Waals surface area contributed by atoms with Crippen LogP contribution in [-0.2, 0) is 20.9 Å². The van der Waals surface area contributed by atoms with Gasteiger partial charge < -0.3 is 25.0 Å². The predicted molar refractivity (Wildman–Crippen MR) is 108 cm³/mol. The molecule has 2 N–H and O–H groups in total. The van der Waals surface area contributed by atoms with Crippen LogP contribution in [0.3, 0.4) is 0 Å². The van der Waals surface area contributed by atoms with Crippen molar-refractivity contribution in [3.05, 3.63) is 29.8 Å². The fourth-order valence-corrected chi connectivity index (χ4v) is 4.14. The molecule has 0 bridgehead atoms. The van der Waals surface area contributed by atoms with Crippen molar-refractivity contribution >= 4 is 24.2 Å². The number of rotatable bonds is 6. The lowest BCUT2D eigenvalue weighted by molar-refractivity contribution is -0.136. The topological polar surface area (TPSA) is 85.1 Å². The number of hydrogen-bond donors (Lipinski definition) is 1. The fraction of sp³-hybridized carbons (Fsp3) is 0.600. The van der Waals surface area contributed by atoms with Gasteiger partial charge in [-0.1, -0.05) is 12.1 Å². The number of nitrogens with two attached hydrogens (primary N) is 1. The van der Waals surface area contributed by atoms with Crippen molar-refractivity contribution in [2.45, 2.75) is 31.8 Å². The van der Waals surface area contributed by atoms with Gasteiger partial charge in [0, 0.05) is 45.1 Å². The van der Waals surface area contributed by atoms with Crippen LogP contribution in [0.15, 0.2) is 24.3 Å². The second-order valence-electron chi connectivity index (χ2n) is 7.67. The van der Waals surface area contributed by atoms with E-state index in [1.807, 2.05) is 34.1 Å². The number of methoxy groups -OCH3 is 2. The normalized spacial score (nSPS) is 19.5. The minimum atomic E-state index is -0.612. The van der Waals surface area contributed by atoms with Gasteiger partial charge in [-0.05, 0) is 30.5 Å². The van der Waals surface area contributed by atoms with Crippen LogP contribution in [0.2, 0.25) is 0 Å². The summed E-state index contributed by atoms with van der Waals surface area (Å²) >= 11 is 0. The number of benzene rings is 1. The van der Waals surface area contributed by atoms with Gasteiger partial charge in [-0.25, -0.2) is 0 Å². The van der Waals surface area contributed by atoms with Crippen molar-refractivity contribution in [3.63, 3.8) is 0 Å². The van der Waals surface area contributed by atoms with Crippen molar-refractivity contribution in [2.75, 3.05) is 40.5 Å². The highest BCUT2D eigenvalue weighted by Crippen LogP contribution is 2.41. The van der Waals surface area contributed by atoms with Gasteiger partial charge in [-0.2, -0.15) is 0 Å². The molecule has 0 aromatic heterocycles. The number of piperidine rings is 1. The molecule has 1 aromatic carbocycles. The lowest BCUT2D eigenvalue weighted by atomic mass is 9.77. The van der Waals surface area contributed by atoms with Crippen LogP contribution in [0.4, 0.5) is 0 Å². The second-order valence-corrected chi connectivity index (χ2v) is 7.67. The molecule has 0 aliphatic carbocycles. The van der Waals surface area contributed by atoms with E-state index in [0.29, 0.717) is 26.1 Å². The van der Waals surface area contributed by atoms with Gasteiger partial charge in [0.1, 0.15) is 11.8 Å². The maximum Gasteiger partial charge on any atom is 0.241 e. The van der Waals surface area contributed by atoms with E-state index < -0.39 is 6.04 Å². The molecule has 8 heteroatoms. The highest BCUT2D eigenvalue weighted by atomic mass is 35.5. The first-order valence-corrected chi connectivity index (χ1v) is 9.40. The minimum absolute atomic E-state index is 0. The molecule has 0 unspecified atom stereocenters. The van der Waals surface area contributed by atoms with E-state index in [1.165, 1.54) is 0 Å². The molecule has 28 heavy (non-hydrogen) atoms. The number of ether oxygens (including phenoxy) is 2. The molecule has 2 heterocycles. The highest BCUT2D eigenvalue weighted by molar-refractivity contribution is 5.85. The van der Waals surface area contributed by atoms with E-state index in [0.717, 1.165) is 30.7 Å². The van der Waals surface area contributed by atoms with Crippen LogP contribution in [-0.4, -0.2) is 68.1 Å². The van der Waals surface area contributed by atoms with E-state index >= 15 is 0 Å². The molecular weight excluding hydrogens is 382 g/mol. The summed E-state index contributed by atoms with van der Waals surface area (Å²) in [6, 6.07) is 7.21. The average molecular weight is 412 g/mol. The summed E-state index contributed by atoms with van der Waals surface area (Å²) in [6.07, 6.45) is 2.22. The van der Waals surface area contributed by atoms with Crippen LogP contribution in [0.25, 0.3) is 0 Å². The number of hydrogen-bond acceptors (Lipinski definition) is 5. The quantitative estimate of drug-likeness (QED) is 0.765. The zero-order chi connectivity index (χ0) is 19.4. The van der Waals surface area contributed by atoms with Crippen LogP contribution in [0.1, 0.15) is 24.8 Å². The maximum atomic E-state index is 12.6. The molecule has 2 aliphatic heterocycles.